The van der Waals surface area contributed by atoms with Gasteiger partial charge in [-0.15, -0.1) is 0 Å². The first-order chi connectivity index (χ1) is 16.3. The summed E-state index contributed by atoms with van der Waals surface area (Å²) in [5, 5.41) is 7.17. The fourth-order valence-corrected chi connectivity index (χ4v) is 3.42. The van der Waals surface area contributed by atoms with E-state index in [1.165, 1.54) is 11.1 Å². The number of alkyl halides is 2. The maximum absolute atomic E-state index is 12.4. The summed E-state index contributed by atoms with van der Waals surface area (Å²) in [5.74, 6) is -2.62. The van der Waals surface area contributed by atoms with Crippen molar-refractivity contribution in [2.75, 3.05) is 18.4 Å². The highest BCUT2D eigenvalue weighted by Gasteiger charge is 2.33. The van der Waals surface area contributed by atoms with Gasteiger partial charge in [0.15, 0.2) is 0 Å². The Morgan fingerprint density at radius 2 is 1.94 bits per heavy atom. The third kappa shape index (κ3) is 5.42. The summed E-state index contributed by atoms with van der Waals surface area (Å²) < 4.78 is 31.5. The van der Waals surface area contributed by atoms with Crippen molar-refractivity contribution in [1.29, 1.82) is 0 Å². The van der Waals surface area contributed by atoms with Gasteiger partial charge in [0.2, 0.25) is 12.3 Å². The second-order valence-electron chi connectivity index (χ2n) is 7.84. The molecule has 176 valence electrons. The lowest BCUT2D eigenvalue weighted by molar-refractivity contribution is -0.124. The lowest BCUT2D eigenvalue weighted by Crippen LogP contribution is -2.38. The average molecular weight is 468 g/mol. The van der Waals surface area contributed by atoms with Gasteiger partial charge in [0, 0.05) is 49.8 Å². The number of halogens is 2. The fourth-order valence-electron chi connectivity index (χ4n) is 3.42. The SMILES string of the molecule is Cc1cnc2c(ccn2-c2ccc(C(=O)Nc3ccno3)nc2)c1.O=CN1CCC(F)(F)CC1. The molecule has 5 heterocycles. The van der Waals surface area contributed by atoms with E-state index < -0.39 is 5.92 Å². The molecule has 0 unspecified atom stereocenters. The van der Waals surface area contributed by atoms with E-state index in [0.717, 1.165) is 22.3 Å². The maximum atomic E-state index is 12.4. The molecule has 1 aliphatic rings. The number of nitrogens with one attached hydrogen (secondary N) is 1. The number of nitrogens with zero attached hydrogens (tertiary/aromatic N) is 5. The van der Waals surface area contributed by atoms with E-state index in [9.17, 15) is 18.4 Å². The van der Waals surface area contributed by atoms with Crippen LogP contribution in [0, 0.1) is 6.92 Å². The largest absolute Gasteiger partial charge is 0.345 e. The van der Waals surface area contributed by atoms with Crippen LogP contribution in [0.3, 0.4) is 0 Å². The zero-order chi connectivity index (χ0) is 24.1. The fraction of sp³-hybridized carbons (Fsp3) is 0.261. The molecule has 0 radical (unpaired) electrons. The quantitative estimate of drug-likeness (QED) is 0.456. The number of rotatable bonds is 4. The zero-order valence-electron chi connectivity index (χ0n) is 18.3. The first-order valence-electron chi connectivity index (χ1n) is 10.5. The molecule has 1 N–H and O–H groups in total. The Morgan fingerprint density at radius 1 is 1.15 bits per heavy atom. The summed E-state index contributed by atoms with van der Waals surface area (Å²) in [4.78, 5) is 32.2. The van der Waals surface area contributed by atoms with Gasteiger partial charge in [-0.1, -0.05) is 5.16 Å². The number of amides is 2. The number of hydrogen-bond acceptors (Lipinski definition) is 6. The minimum Gasteiger partial charge on any atom is -0.345 e. The van der Waals surface area contributed by atoms with Crippen molar-refractivity contribution in [3.63, 3.8) is 0 Å². The van der Waals surface area contributed by atoms with E-state index >= 15 is 0 Å². The van der Waals surface area contributed by atoms with Gasteiger partial charge >= 0.3 is 0 Å². The Bertz CT molecular complexity index is 1260. The summed E-state index contributed by atoms with van der Waals surface area (Å²) in [6.07, 6.45) is 7.09. The molecule has 4 aromatic heterocycles. The molecule has 0 aromatic carbocycles. The molecule has 0 bridgehead atoms. The van der Waals surface area contributed by atoms with Crippen LogP contribution in [0.1, 0.15) is 28.9 Å². The molecular weight excluding hydrogens is 446 g/mol. The van der Waals surface area contributed by atoms with Gasteiger partial charge in [-0.3, -0.25) is 19.5 Å². The molecule has 9 nitrogen and oxygen atoms in total. The Labute approximate surface area is 193 Å². The summed E-state index contributed by atoms with van der Waals surface area (Å²) in [7, 11) is 0. The number of aryl methyl sites for hydroxylation is 1. The molecule has 0 spiro atoms. The summed E-state index contributed by atoms with van der Waals surface area (Å²) in [6, 6.07) is 9.11. The number of pyridine rings is 2. The van der Waals surface area contributed by atoms with Crippen molar-refractivity contribution < 1.29 is 22.9 Å². The van der Waals surface area contributed by atoms with Crippen molar-refractivity contribution >= 4 is 29.2 Å². The van der Waals surface area contributed by atoms with Gasteiger partial charge in [-0.25, -0.2) is 18.7 Å². The van der Waals surface area contributed by atoms with E-state index in [-0.39, 0.29) is 43.4 Å². The highest BCUT2D eigenvalue weighted by Crippen LogP contribution is 2.26. The average Bonchev–Trinajstić information content (AvgIpc) is 3.49. The number of aromatic nitrogens is 4. The van der Waals surface area contributed by atoms with E-state index in [1.54, 1.807) is 18.3 Å². The first kappa shape index (κ1) is 23.0. The highest BCUT2D eigenvalue weighted by atomic mass is 19.3. The molecular formula is C23H22F2N6O3. The van der Waals surface area contributed by atoms with Crippen LogP contribution in [0.5, 0.6) is 0 Å². The smallest absolute Gasteiger partial charge is 0.276 e. The lowest BCUT2D eigenvalue weighted by Gasteiger charge is -2.28. The molecule has 34 heavy (non-hydrogen) atoms. The maximum Gasteiger partial charge on any atom is 0.276 e. The predicted octanol–water partition coefficient (Wildman–Crippen LogP) is 3.84. The van der Waals surface area contributed by atoms with E-state index in [0.29, 0.717) is 6.41 Å². The third-order valence-electron chi connectivity index (χ3n) is 5.28. The van der Waals surface area contributed by atoms with Crippen LogP contribution in [-0.2, 0) is 4.79 Å². The minimum absolute atomic E-state index is 0.189. The summed E-state index contributed by atoms with van der Waals surface area (Å²) in [6.45, 7) is 2.39. The molecule has 11 heteroatoms. The van der Waals surface area contributed by atoms with E-state index in [2.05, 4.69) is 26.5 Å². The topological polar surface area (TPSA) is 106 Å². The highest BCUT2D eigenvalue weighted by molar-refractivity contribution is 6.02. The number of likely N-dealkylation sites (tertiary alicyclic amines) is 1. The second-order valence-corrected chi connectivity index (χ2v) is 7.84. The van der Waals surface area contributed by atoms with Crippen LogP contribution in [0.4, 0.5) is 14.7 Å². The van der Waals surface area contributed by atoms with Crippen molar-refractivity contribution in [2.45, 2.75) is 25.7 Å². The van der Waals surface area contributed by atoms with Crippen molar-refractivity contribution in [1.82, 2.24) is 24.6 Å². The number of anilines is 1. The third-order valence-corrected chi connectivity index (χ3v) is 5.28. The van der Waals surface area contributed by atoms with Gasteiger partial charge in [0.25, 0.3) is 11.8 Å². The number of carbonyl (C=O) groups excluding carboxylic acids is 2. The number of hydrogen-bond donors (Lipinski definition) is 1. The molecule has 4 aromatic rings. The first-order valence-corrected chi connectivity index (χ1v) is 10.5. The molecule has 0 atom stereocenters. The number of fused-ring (bicyclic) bond motifs is 1. The zero-order valence-corrected chi connectivity index (χ0v) is 18.3. The van der Waals surface area contributed by atoms with Crippen LogP contribution in [-0.4, -0.2) is 55.9 Å². The molecule has 1 saturated heterocycles. The predicted molar refractivity (Wildman–Crippen MR) is 120 cm³/mol. The van der Waals surface area contributed by atoms with Crippen LogP contribution >= 0.6 is 0 Å². The Morgan fingerprint density at radius 3 is 2.59 bits per heavy atom. The Hall–Kier alpha value is -4.15. The van der Waals surface area contributed by atoms with E-state index in [1.807, 2.05) is 36.0 Å². The second kappa shape index (κ2) is 9.77. The summed E-state index contributed by atoms with van der Waals surface area (Å²) in [5.41, 5.74) is 3.08. The van der Waals surface area contributed by atoms with Gasteiger partial charge in [0.05, 0.1) is 18.1 Å². The van der Waals surface area contributed by atoms with E-state index in [4.69, 9.17) is 4.52 Å². The van der Waals surface area contributed by atoms with Crippen molar-refractivity contribution in [2.24, 2.45) is 0 Å². The molecule has 5 rings (SSSR count). The van der Waals surface area contributed by atoms with Crippen LogP contribution in [0.15, 0.2) is 59.6 Å². The van der Waals surface area contributed by atoms with Gasteiger partial charge in [0.1, 0.15) is 11.3 Å². The van der Waals surface area contributed by atoms with Crippen LogP contribution < -0.4 is 5.32 Å². The monoisotopic (exact) mass is 468 g/mol. The van der Waals surface area contributed by atoms with Gasteiger partial charge < -0.3 is 9.42 Å². The molecule has 1 aliphatic heterocycles. The van der Waals surface area contributed by atoms with Crippen molar-refractivity contribution in [3.8, 4) is 5.69 Å². The standard InChI is InChI=1S/C17H13N5O2.C6H9F2NO/c1-11-8-12-5-7-22(16(12)19-9-11)13-2-3-14(18-10-13)17(23)21-15-4-6-20-24-15;7-6(8)1-3-9(5-10)4-2-6/h2-10H,1H3,(H,21,23);5H,1-4H2. The molecule has 0 saturated carbocycles. The van der Waals surface area contributed by atoms with Crippen LogP contribution in [0.25, 0.3) is 16.7 Å². The Balaban J connectivity index is 0.000000231. The Kier molecular flexibility index (Phi) is 6.62. The normalized spacial score (nSPS) is 14.9. The van der Waals surface area contributed by atoms with Gasteiger partial charge in [-0.05, 0) is 36.8 Å². The lowest BCUT2D eigenvalue weighted by atomic mass is 10.1. The molecule has 0 aliphatic carbocycles. The van der Waals surface area contributed by atoms with Crippen LogP contribution in [0.2, 0.25) is 0 Å². The number of piperidine rings is 1. The van der Waals surface area contributed by atoms with Gasteiger partial charge in [-0.2, -0.15) is 0 Å². The van der Waals surface area contributed by atoms with Crippen molar-refractivity contribution in [3.05, 3.63) is 66.4 Å². The minimum atomic E-state index is -2.54. The molecule has 1 fully saturated rings. The molecule has 2 amide bonds. The summed E-state index contributed by atoms with van der Waals surface area (Å²) >= 11 is 0. The number of carbonyl (C=O) groups is 2.